The Morgan fingerprint density at radius 1 is 0.893 bits per heavy atom. The number of pyridine rings is 2. The van der Waals surface area contributed by atoms with Crippen LogP contribution in [0.25, 0.3) is 43.9 Å². The SMILES string of the molecule is C=CCNC(=O)c1ccc2nc3c4cccnc4c4ncccc4c3nc2c1. The number of amides is 1. The van der Waals surface area contributed by atoms with Gasteiger partial charge in [0.1, 0.15) is 0 Å². The van der Waals surface area contributed by atoms with Gasteiger partial charge in [-0.1, -0.05) is 6.08 Å². The van der Waals surface area contributed by atoms with E-state index in [1.807, 2.05) is 30.3 Å². The van der Waals surface area contributed by atoms with E-state index in [4.69, 9.17) is 9.97 Å². The Kier molecular flexibility index (Phi) is 3.69. The minimum Gasteiger partial charge on any atom is -0.349 e. The Balaban J connectivity index is 1.84. The highest BCUT2D eigenvalue weighted by Crippen LogP contribution is 2.31. The van der Waals surface area contributed by atoms with Crippen molar-refractivity contribution in [2.75, 3.05) is 6.54 Å². The average molecular weight is 365 g/mol. The van der Waals surface area contributed by atoms with Gasteiger partial charge in [-0.05, 0) is 42.5 Å². The van der Waals surface area contributed by atoms with Crippen LogP contribution >= 0.6 is 0 Å². The molecule has 0 fully saturated rings. The Labute approximate surface area is 160 Å². The number of fused-ring (bicyclic) bond motifs is 7. The van der Waals surface area contributed by atoms with E-state index in [1.165, 1.54) is 0 Å². The largest absolute Gasteiger partial charge is 0.349 e. The standard InChI is InChI=1S/C22H15N5O/c1-2-9-25-22(28)13-7-8-16-17(12-13)27-21-15-6-4-11-24-19(15)18-14(20(21)26-16)5-3-10-23-18/h2-8,10-12H,1,9H2,(H,25,28). The molecular weight excluding hydrogens is 350 g/mol. The molecule has 28 heavy (non-hydrogen) atoms. The van der Waals surface area contributed by atoms with E-state index in [1.54, 1.807) is 30.6 Å². The molecule has 0 aliphatic rings. The zero-order valence-electron chi connectivity index (χ0n) is 14.9. The van der Waals surface area contributed by atoms with Crippen molar-refractivity contribution < 1.29 is 4.79 Å². The van der Waals surface area contributed by atoms with Crippen LogP contribution in [0, 0.1) is 0 Å². The van der Waals surface area contributed by atoms with Gasteiger partial charge < -0.3 is 5.32 Å². The fourth-order valence-corrected chi connectivity index (χ4v) is 3.41. The molecule has 2 aromatic carbocycles. The van der Waals surface area contributed by atoms with Crippen LogP contribution in [0.2, 0.25) is 0 Å². The first-order valence-electron chi connectivity index (χ1n) is 8.88. The van der Waals surface area contributed by atoms with E-state index in [9.17, 15) is 4.79 Å². The van der Waals surface area contributed by atoms with Crippen LogP contribution in [0.4, 0.5) is 0 Å². The molecule has 1 amide bonds. The van der Waals surface area contributed by atoms with Crippen molar-refractivity contribution in [2.24, 2.45) is 0 Å². The molecule has 134 valence electrons. The second kappa shape index (κ2) is 6.35. The van der Waals surface area contributed by atoms with Gasteiger partial charge in [0.25, 0.3) is 5.91 Å². The summed E-state index contributed by atoms with van der Waals surface area (Å²) >= 11 is 0. The van der Waals surface area contributed by atoms with E-state index < -0.39 is 0 Å². The minimum absolute atomic E-state index is 0.169. The molecule has 0 bridgehead atoms. The van der Waals surface area contributed by atoms with Gasteiger partial charge in [0.15, 0.2) is 0 Å². The van der Waals surface area contributed by atoms with Crippen molar-refractivity contribution in [1.29, 1.82) is 0 Å². The van der Waals surface area contributed by atoms with Gasteiger partial charge in [0.2, 0.25) is 0 Å². The highest BCUT2D eigenvalue weighted by atomic mass is 16.1. The number of hydrogen-bond acceptors (Lipinski definition) is 5. The Bertz CT molecular complexity index is 1410. The molecule has 6 heteroatoms. The lowest BCUT2D eigenvalue weighted by molar-refractivity contribution is 0.0958. The second-order valence-electron chi connectivity index (χ2n) is 6.42. The molecule has 3 aromatic heterocycles. The fraction of sp³-hybridized carbons (Fsp3) is 0.0455. The Morgan fingerprint density at radius 3 is 2.18 bits per heavy atom. The fourth-order valence-electron chi connectivity index (χ4n) is 3.41. The topological polar surface area (TPSA) is 80.7 Å². The van der Waals surface area contributed by atoms with Gasteiger partial charge in [-0.3, -0.25) is 14.8 Å². The molecule has 0 aliphatic carbocycles. The smallest absolute Gasteiger partial charge is 0.251 e. The summed E-state index contributed by atoms with van der Waals surface area (Å²) in [4.78, 5) is 31.0. The van der Waals surface area contributed by atoms with E-state index in [-0.39, 0.29) is 5.91 Å². The summed E-state index contributed by atoms with van der Waals surface area (Å²) in [5, 5.41) is 4.58. The first-order chi connectivity index (χ1) is 13.8. The van der Waals surface area contributed by atoms with Crippen LogP contribution in [0.3, 0.4) is 0 Å². The zero-order chi connectivity index (χ0) is 19.1. The van der Waals surface area contributed by atoms with Gasteiger partial charge >= 0.3 is 0 Å². The molecule has 5 rings (SSSR count). The molecule has 5 aromatic rings. The molecule has 6 nitrogen and oxygen atoms in total. The molecule has 0 atom stereocenters. The molecule has 1 N–H and O–H groups in total. The first-order valence-corrected chi connectivity index (χ1v) is 8.88. The summed E-state index contributed by atoms with van der Waals surface area (Å²) in [5.41, 5.74) is 5.04. The predicted molar refractivity (Wildman–Crippen MR) is 110 cm³/mol. The number of nitrogens with zero attached hydrogens (tertiary/aromatic N) is 4. The maximum atomic E-state index is 12.3. The summed E-state index contributed by atoms with van der Waals surface area (Å²) in [6.07, 6.45) is 5.15. The van der Waals surface area contributed by atoms with Gasteiger partial charge in [-0.25, -0.2) is 9.97 Å². The van der Waals surface area contributed by atoms with Crippen molar-refractivity contribution in [3.05, 3.63) is 73.1 Å². The minimum atomic E-state index is -0.169. The number of benzene rings is 2. The summed E-state index contributed by atoms with van der Waals surface area (Å²) in [6.45, 7) is 4.03. The maximum Gasteiger partial charge on any atom is 0.251 e. The van der Waals surface area contributed by atoms with E-state index in [2.05, 4.69) is 21.9 Å². The van der Waals surface area contributed by atoms with Crippen LogP contribution in [0.5, 0.6) is 0 Å². The van der Waals surface area contributed by atoms with Crippen molar-refractivity contribution >= 4 is 49.8 Å². The lowest BCUT2D eigenvalue weighted by Gasteiger charge is -2.09. The summed E-state index contributed by atoms with van der Waals surface area (Å²) < 4.78 is 0. The van der Waals surface area contributed by atoms with E-state index in [0.29, 0.717) is 17.6 Å². The van der Waals surface area contributed by atoms with E-state index >= 15 is 0 Å². The van der Waals surface area contributed by atoms with Gasteiger partial charge in [-0.2, -0.15) is 0 Å². The third-order valence-electron chi connectivity index (χ3n) is 4.68. The molecule has 0 unspecified atom stereocenters. The van der Waals surface area contributed by atoms with Crippen molar-refractivity contribution in [1.82, 2.24) is 25.3 Å². The quantitative estimate of drug-likeness (QED) is 0.299. The third-order valence-corrected chi connectivity index (χ3v) is 4.68. The summed E-state index contributed by atoms with van der Waals surface area (Å²) in [5.74, 6) is -0.169. The lowest BCUT2D eigenvalue weighted by atomic mass is 10.1. The number of rotatable bonds is 3. The average Bonchev–Trinajstić information content (AvgIpc) is 2.76. The number of nitrogens with one attached hydrogen (secondary N) is 1. The molecule has 0 saturated carbocycles. The highest BCUT2D eigenvalue weighted by molar-refractivity contribution is 6.21. The van der Waals surface area contributed by atoms with Gasteiger partial charge in [0, 0.05) is 35.3 Å². The Morgan fingerprint density at radius 2 is 1.54 bits per heavy atom. The Hall–Kier alpha value is -3.93. The number of aromatic nitrogens is 4. The number of carbonyl (C=O) groups excluding carboxylic acids is 1. The van der Waals surface area contributed by atoms with Gasteiger partial charge in [0.05, 0.1) is 33.1 Å². The molecule has 0 radical (unpaired) electrons. The summed E-state index contributed by atoms with van der Waals surface area (Å²) in [7, 11) is 0. The molecule has 3 heterocycles. The van der Waals surface area contributed by atoms with Crippen molar-refractivity contribution in [2.45, 2.75) is 0 Å². The zero-order valence-corrected chi connectivity index (χ0v) is 14.9. The summed E-state index contributed by atoms with van der Waals surface area (Å²) in [6, 6.07) is 13.0. The third kappa shape index (κ3) is 2.46. The van der Waals surface area contributed by atoms with Gasteiger partial charge in [-0.15, -0.1) is 6.58 Å². The first kappa shape index (κ1) is 16.3. The van der Waals surface area contributed by atoms with Crippen LogP contribution in [0.15, 0.2) is 67.5 Å². The highest BCUT2D eigenvalue weighted by Gasteiger charge is 2.14. The van der Waals surface area contributed by atoms with E-state index in [0.717, 1.165) is 38.4 Å². The lowest BCUT2D eigenvalue weighted by Crippen LogP contribution is -2.23. The molecule has 0 aliphatic heterocycles. The van der Waals surface area contributed by atoms with Crippen molar-refractivity contribution in [3.63, 3.8) is 0 Å². The molecule has 0 saturated heterocycles. The molecule has 0 spiro atoms. The van der Waals surface area contributed by atoms with Crippen LogP contribution in [-0.4, -0.2) is 32.4 Å². The predicted octanol–water partition coefficient (Wildman–Crippen LogP) is 3.80. The van der Waals surface area contributed by atoms with Crippen LogP contribution in [-0.2, 0) is 0 Å². The second-order valence-corrected chi connectivity index (χ2v) is 6.42. The number of carbonyl (C=O) groups is 1. The van der Waals surface area contributed by atoms with Crippen LogP contribution in [0.1, 0.15) is 10.4 Å². The maximum absolute atomic E-state index is 12.3. The normalized spacial score (nSPS) is 11.3. The van der Waals surface area contributed by atoms with Crippen LogP contribution < -0.4 is 5.32 Å². The monoisotopic (exact) mass is 365 g/mol. The molecular formula is C22H15N5O. The van der Waals surface area contributed by atoms with Crippen molar-refractivity contribution in [3.8, 4) is 0 Å². The number of hydrogen-bond donors (Lipinski definition) is 1.